The molecule has 3 aromatic rings. The molecule has 6 heteroatoms. The third-order valence-electron chi connectivity index (χ3n) is 5.44. The summed E-state index contributed by atoms with van der Waals surface area (Å²) in [5, 5.41) is 3.08. The largest absolute Gasteiger partial charge is 0.497 e. The predicted octanol–water partition coefficient (Wildman–Crippen LogP) is 3.69. The highest BCUT2D eigenvalue weighted by Gasteiger charge is 2.26. The maximum Gasteiger partial charge on any atom is 0.225 e. The second-order valence-corrected chi connectivity index (χ2v) is 7.48. The molecule has 1 unspecified atom stereocenters. The monoisotopic (exact) mass is 402 g/mol. The van der Waals surface area contributed by atoms with E-state index < -0.39 is 0 Å². The fraction of sp³-hybridized carbons (Fsp3) is 0.292. The van der Waals surface area contributed by atoms with Crippen LogP contribution in [0, 0.1) is 5.92 Å². The van der Waals surface area contributed by atoms with Gasteiger partial charge >= 0.3 is 0 Å². The van der Waals surface area contributed by atoms with Gasteiger partial charge in [-0.1, -0.05) is 42.5 Å². The number of carbonyl (C=O) groups is 1. The summed E-state index contributed by atoms with van der Waals surface area (Å²) in [4.78, 5) is 23.8. The summed E-state index contributed by atoms with van der Waals surface area (Å²) in [6.45, 7) is 2.05. The number of benzene rings is 2. The van der Waals surface area contributed by atoms with Crippen molar-refractivity contribution < 1.29 is 9.53 Å². The van der Waals surface area contributed by atoms with E-state index in [0.717, 1.165) is 47.8 Å². The van der Waals surface area contributed by atoms with Gasteiger partial charge in [0.1, 0.15) is 17.9 Å². The lowest BCUT2D eigenvalue weighted by molar-refractivity contribution is -0.125. The third-order valence-corrected chi connectivity index (χ3v) is 5.44. The number of ether oxygens (including phenoxy) is 1. The number of piperidine rings is 1. The molecule has 1 saturated heterocycles. The van der Waals surface area contributed by atoms with E-state index >= 15 is 0 Å². The number of hydrogen-bond acceptors (Lipinski definition) is 5. The van der Waals surface area contributed by atoms with Crippen molar-refractivity contribution in [2.24, 2.45) is 5.92 Å². The van der Waals surface area contributed by atoms with Gasteiger partial charge in [-0.2, -0.15) is 0 Å². The van der Waals surface area contributed by atoms with E-state index in [2.05, 4.69) is 20.2 Å². The van der Waals surface area contributed by atoms with Crippen molar-refractivity contribution in [1.82, 2.24) is 15.3 Å². The number of rotatable bonds is 6. The summed E-state index contributed by atoms with van der Waals surface area (Å²) in [7, 11) is 1.64. The average Bonchev–Trinajstić information content (AvgIpc) is 2.83. The molecule has 0 spiro atoms. The number of carbonyl (C=O) groups excluding carboxylic acids is 1. The first-order chi connectivity index (χ1) is 14.7. The molecule has 1 N–H and O–H groups in total. The summed E-state index contributed by atoms with van der Waals surface area (Å²) in [5.74, 6) is 1.69. The Labute approximate surface area is 176 Å². The molecule has 0 aliphatic carbocycles. The van der Waals surface area contributed by atoms with Crippen LogP contribution in [0.4, 0.5) is 5.82 Å². The van der Waals surface area contributed by atoms with Crippen LogP contribution in [0.5, 0.6) is 5.75 Å². The van der Waals surface area contributed by atoms with Crippen LogP contribution < -0.4 is 15.0 Å². The highest BCUT2D eigenvalue weighted by atomic mass is 16.5. The predicted molar refractivity (Wildman–Crippen MR) is 117 cm³/mol. The summed E-state index contributed by atoms with van der Waals surface area (Å²) in [6.07, 6.45) is 3.45. The summed E-state index contributed by atoms with van der Waals surface area (Å²) >= 11 is 0. The van der Waals surface area contributed by atoms with Crippen molar-refractivity contribution in [2.75, 3.05) is 25.1 Å². The fourth-order valence-corrected chi connectivity index (χ4v) is 3.80. The van der Waals surface area contributed by atoms with Crippen molar-refractivity contribution in [3.8, 4) is 17.0 Å². The summed E-state index contributed by atoms with van der Waals surface area (Å²) < 4.78 is 5.25. The standard InChI is InChI=1S/C24H26N4O2/c1-30-21-11-5-7-18(13-21)15-25-24(29)20-10-6-12-28(16-20)23-14-22(26-17-27-23)19-8-3-2-4-9-19/h2-5,7-9,11,13-14,17,20H,6,10,12,15-16H2,1H3,(H,25,29). The van der Waals surface area contributed by atoms with Crippen LogP contribution in [0.3, 0.4) is 0 Å². The molecular formula is C24H26N4O2. The van der Waals surface area contributed by atoms with Gasteiger partial charge in [-0.05, 0) is 30.5 Å². The molecule has 1 aliphatic rings. The SMILES string of the molecule is COc1cccc(CNC(=O)C2CCCN(c3cc(-c4ccccc4)ncn3)C2)c1. The van der Waals surface area contributed by atoms with Crippen LogP contribution in [-0.4, -0.2) is 36.1 Å². The summed E-state index contributed by atoms with van der Waals surface area (Å²) in [6, 6.07) is 19.8. The highest BCUT2D eigenvalue weighted by Crippen LogP contribution is 2.25. The van der Waals surface area contributed by atoms with E-state index in [0.29, 0.717) is 13.1 Å². The smallest absolute Gasteiger partial charge is 0.225 e. The number of amides is 1. The highest BCUT2D eigenvalue weighted by molar-refractivity contribution is 5.79. The molecular weight excluding hydrogens is 376 g/mol. The van der Waals surface area contributed by atoms with E-state index in [4.69, 9.17) is 4.74 Å². The van der Waals surface area contributed by atoms with Crippen molar-refractivity contribution in [2.45, 2.75) is 19.4 Å². The zero-order valence-electron chi connectivity index (χ0n) is 17.1. The zero-order valence-corrected chi connectivity index (χ0v) is 17.1. The van der Waals surface area contributed by atoms with E-state index in [-0.39, 0.29) is 11.8 Å². The van der Waals surface area contributed by atoms with E-state index in [1.165, 1.54) is 0 Å². The molecule has 2 heterocycles. The summed E-state index contributed by atoms with van der Waals surface area (Å²) in [5.41, 5.74) is 2.98. The van der Waals surface area contributed by atoms with Crippen LogP contribution in [0.1, 0.15) is 18.4 Å². The van der Waals surface area contributed by atoms with Gasteiger partial charge in [-0.3, -0.25) is 4.79 Å². The Morgan fingerprint density at radius 3 is 2.83 bits per heavy atom. The molecule has 30 heavy (non-hydrogen) atoms. The number of aromatic nitrogens is 2. The maximum atomic E-state index is 12.8. The van der Waals surface area contributed by atoms with E-state index in [1.54, 1.807) is 13.4 Å². The fourth-order valence-electron chi connectivity index (χ4n) is 3.80. The minimum absolute atomic E-state index is 0.0560. The quantitative estimate of drug-likeness (QED) is 0.681. The molecule has 2 aromatic carbocycles. The van der Waals surface area contributed by atoms with Crippen LogP contribution in [0.25, 0.3) is 11.3 Å². The van der Waals surface area contributed by atoms with Gasteiger partial charge < -0.3 is 15.0 Å². The molecule has 1 atom stereocenters. The van der Waals surface area contributed by atoms with E-state index in [1.807, 2.05) is 60.7 Å². The molecule has 1 aliphatic heterocycles. The Morgan fingerprint density at radius 2 is 2.00 bits per heavy atom. The molecule has 0 radical (unpaired) electrons. The first kappa shape index (κ1) is 19.9. The molecule has 0 saturated carbocycles. The minimum Gasteiger partial charge on any atom is -0.497 e. The molecule has 1 aromatic heterocycles. The van der Waals surface area contributed by atoms with Gasteiger partial charge in [-0.25, -0.2) is 9.97 Å². The molecule has 154 valence electrons. The van der Waals surface area contributed by atoms with Crippen molar-refractivity contribution in [1.29, 1.82) is 0 Å². The lowest BCUT2D eigenvalue weighted by atomic mass is 9.97. The molecule has 0 bridgehead atoms. The zero-order chi connectivity index (χ0) is 20.8. The van der Waals surface area contributed by atoms with Gasteiger partial charge in [0.15, 0.2) is 0 Å². The Bertz CT molecular complexity index is 993. The van der Waals surface area contributed by atoms with Gasteiger partial charge in [0.25, 0.3) is 0 Å². The van der Waals surface area contributed by atoms with Crippen molar-refractivity contribution in [3.63, 3.8) is 0 Å². The average molecular weight is 402 g/mol. The Hall–Kier alpha value is -3.41. The Morgan fingerprint density at radius 1 is 1.13 bits per heavy atom. The van der Waals surface area contributed by atoms with Gasteiger partial charge in [0.2, 0.25) is 5.91 Å². The first-order valence-electron chi connectivity index (χ1n) is 10.3. The normalized spacial score (nSPS) is 16.2. The van der Waals surface area contributed by atoms with Crippen LogP contribution in [0.2, 0.25) is 0 Å². The third kappa shape index (κ3) is 4.76. The lowest BCUT2D eigenvalue weighted by Crippen LogP contribution is -2.43. The number of methoxy groups -OCH3 is 1. The van der Waals surface area contributed by atoms with Gasteiger partial charge in [-0.15, -0.1) is 0 Å². The Kier molecular flexibility index (Phi) is 6.23. The Balaban J connectivity index is 1.40. The van der Waals surface area contributed by atoms with Crippen LogP contribution >= 0.6 is 0 Å². The molecule has 1 fully saturated rings. The number of nitrogens with one attached hydrogen (secondary N) is 1. The van der Waals surface area contributed by atoms with Crippen molar-refractivity contribution >= 4 is 11.7 Å². The second kappa shape index (κ2) is 9.39. The van der Waals surface area contributed by atoms with Crippen molar-refractivity contribution in [3.05, 3.63) is 72.6 Å². The first-order valence-corrected chi connectivity index (χ1v) is 10.3. The van der Waals surface area contributed by atoms with Crippen LogP contribution in [0.15, 0.2) is 67.0 Å². The number of anilines is 1. The minimum atomic E-state index is -0.0560. The topological polar surface area (TPSA) is 67.3 Å². The maximum absolute atomic E-state index is 12.8. The molecule has 4 rings (SSSR count). The van der Waals surface area contributed by atoms with Gasteiger partial charge in [0, 0.05) is 31.3 Å². The number of hydrogen-bond donors (Lipinski definition) is 1. The number of nitrogens with zero attached hydrogens (tertiary/aromatic N) is 3. The van der Waals surface area contributed by atoms with Crippen LogP contribution in [-0.2, 0) is 11.3 Å². The lowest BCUT2D eigenvalue weighted by Gasteiger charge is -2.33. The van der Waals surface area contributed by atoms with E-state index in [9.17, 15) is 4.79 Å². The second-order valence-electron chi connectivity index (χ2n) is 7.48. The molecule has 6 nitrogen and oxygen atoms in total. The van der Waals surface area contributed by atoms with Gasteiger partial charge in [0.05, 0.1) is 18.7 Å². The molecule has 1 amide bonds.